The lowest BCUT2D eigenvalue weighted by Crippen LogP contribution is -2.33. The average molecular weight is 527 g/mol. The van der Waals surface area contributed by atoms with E-state index >= 15 is 0 Å². The second-order valence-electron chi connectivity index (χ2n) is 9.21. The van der Waals surface area contributed by atoms with Gasteiger partial charge in [-0.2, -0.15) is 13.2 Å². The maximum atomic E-state index is 13.3. The minimum Gasteiger partial charge on any atom is -0.383 e. The number of pyridine rings is 2. The van der Waals surface area contributed by atoms with Gasteiger partial charge in [-0.05, 0) is 72.5 Å². The summed E-state index contributed by atoms with van der Waals surface area (Å²) in [6.07, 6.45) is 0.0871. The van der Waals surface area contributed by atoms with Gasteiger partial charge in [-0.3, -0.25) is 0 Å². The van der Waals surface area contributed by atoms with Gasteiger partial charge in [0.15, 0.2) is 9.84 Å². The molecule has 1 fully saturated rings. The third-order valence-electron chi connectivity index (χ3n) is 6.89. The number of nitrogen functional groups attached to an aromatic ring is 1. The molecule has 1 aliphatic carbocycles. The van der Waals surface area contributed by atoms with Crippen molar-refractivity contribution in [2.45, 2.75) is 48.0 Å². The Morgan fingerprint density at radius 1 is 0.865 bits per heavy atom. The first-order chi connectivity index (χ1) is 17.6. The molecule has 0 aliphatic heterocycles. The van der Waals surface area contributed by atoms with Crippen molar-refractivity contribution in [1.82, 2.24) is 9.97 Å². The predicted molar refractivity (Wildman–Crippen MR) is 138 cm³/mol. The second-order valence-corrected chi connectivity index (χ2v) is 11.4. The Hall–Kier alpha value is -3.66. The van der Waals surface area contributed by atoms with Gasteiger partial charge >= 0.3 is 6.18 Å². The number of nitrogens with zero attached hydrogens (tertiary/aromatic N) is 2. The Bertz CT molecular complexity index is 1510. The number of halogens is 3. The zero-order valence-corrected chi connectivity index (χ0v) is 20.6. The molecule has 0 unspecified atom stereocenters. The van der Waals surface area contributed by atoms with Crippen LogP contribution in [0.1, 0.15) is 31.2 Å². The van der Waals surface area contributed by atoms with Crippen LogP contribution in [0.15, 0.2) is 78.0 Å². The lowest BCUT2D eigenvalue weighted by atomic mass is 9.95. The molecule has 2 heterocycles. The molecule has 6 nitrogen and oxygen atoms in total. The van der Waals surface area contributed by atoms with Crippen molar-refractivity contribution in [3.8, 4) is 11.1 Å². The fourth-order valence-corrected chi connectivity index (χ4v) is 6.66. The molecule has 0 saturated heterocycles. The smallest absolute Gasteiger partial charge is 0.383 e. The second kappa shape index (κ2) is 9.66. The Labute approximate surface area is 212 Å². The Morgan fingerprint density at radius 3 is 2.24 bits per heavy atom. The third-order valence-corrected chi connectivity index (χ3v) is 9.16. The largest absolute Gasteiger partial charge is 0.417 e. The van der Waals surface area contributed by atoms with Crippen LogP contribution in [-0.2, 0) is 16.0 Å². The van der Waals surface area contributed by atoms with Crippen LogP contribution in [0.25, 0.3) is 21.9 Å². The van der Waals surface area contributed by atoms with E-state index in [1.54, 1.807) is 18.3 Å². The maximum absolute atomic E-state index is 13.3. The molecule has 2 aromatic carbocycles. The maximum Gasteiger partial charge on any atom is 0.417 e. The summed E-state index contributed by atoms with van der Waals surface area (Å²) in [6.45, 7) is 0. The predicted octanol–water partition coefficient (Wildman–Crippen LogP) is 6.09. The molecule has 4 aromatic rings. The van der Waals surface area contributed by atoms with Crippen molar-refractivity contribution in [1.29, 1.82) is 0 Å². The number of fused-ring (bicyclic) bond motifs is 1. The molecule has 1 aliphatic rings. The molecule has 1 saturated carbocycles. The monoisotopic (exact) mass is 526 g/mol. The van der Waals surface area contributed by atoms with E-state index in [0.717, 1.165) is 34.2 Å². The van der Waals surface area contributed by atoms with Gasteiger partial charge in [0.25, 0.3) is 0 Å². The number of nitrogens with two attached hydrogens (primary N) is 1. The van der Waals surface area contributed by atoms with E-state index in [1.807, 2.05) is 36.4 Å². The van der Waals surface area contributed by atoms with Crippen molar-refractivity contribution in [3.05, 3.63) is 78.6 Å². The summed E-state index contributed by atoms with van der Waals surface area (Å²) >= 11 is 0. The number of benzene rings is 2. The standard InChI is InChI=1S/C27H25F3N4O2S/c28-27(29,30)18-6-13-25(33-16-18)34-19-7-11-21(12-8-19)37(35,36)20-9-4-17(5-10-20)22-2-1-3-24-23(22)14-15-32-26(24)31/h1-6,9-10,13-16,19,21H,7-8,11-12H2,(H2,31,32)(H,33,34)/t19-,21-. The highest BCUT2D eigenvalue weighted by Crippen LogP contribution is 2.34. The Morgan fingerprint density at radius 2 is 1.59 bits per heavy atom. The zero-order chi connectivity index (χ0) is 26.2. The van der Waals surface area contributed by atoms with Crippen LogP contribution in [0.2, 0.25) is 0 Å². The summed E-state index contributed by atoms with van der Waals surface area (Å²) < 4.78 is 64.9. The van der Waals surface area contributed by atoms with Gasteiger partial charge in [-0.15, -0.1) is 0 Å². The van der Waals surface area contributed by atoms with Gasteiger partial charge in [0.05, 0.1) is 15.7 Å². The number of sulfone groups is 1. The number of alkyl halides is 3. The number of rotatable bonds is 5. The van der Waals surface area contributed by atoms with Gasteiger partial charge in [-0.1, -0.05) is 30.3 Å². The first-order valence-corrected chi connectivity index (χ1v) is 13.4. The van der Waals surface area contributed by atoms with Crippen molar-refractivity contribution in [3.63, 3.8) is 0 Å². The normalized spacial score (nSPS) is 18.6. The van der Waals surface area contributed by atoms with E-state index in [0.29, 0.717) is 37.3 Å². The highest BCUT2D eigenvalue weighted by Gasteiger charge is 2.33. The van der Waals surface area contributed by atoms with Crippen molar-refractivity contribution < 1.29 is 21.6 Å². The molecule has 0 bridgehead atoms. The van der Waals surface area contributed by atoms with E-state index < -0.39 is 26.8 Å². The van der Waals surface area contributed by atoms with E-state index in [4.69, 9.17) is 5.73 Å². The first-order valence-electron chi connectivity index (χ1n) is 11.9. The van der Waals surface area contributed by atoms with E-state index in [9.17, 15) is 21.6 Å². The molecule has 0 amide bonds. The third kappa shape index (κ3) is 5.11. The van der Waals surface area contributed by atoms with Crippen LogP contribution in [-0.4, -0.2) is 29.7 Å². The van der Waals surface area contributed by atoms with Gasteiger partial charge in [0.2, 0.25) is 0 Å². The average Bonchev–Trinajstić information content (AvgIpc) is 2.89. The molecule has 0 spiro atoms. The quantitative estimate of drug-likeness (QED) is 0.326. The van der Waals surface area contributed by atoms with Gasteiger partial charge < -0.3 is 11.1 Å². The van der Waals surface area contributed by atoms with Crippen LogP contribution in [0, 0.1) is 0 Å². The van der Waals surface area contributed by atoms with Crippen molar-refractivity contribution in [2.75, 3.05) is 11.1 Å². The molecule has 0 radical (unpaired) electrons. The summed E-state index contributed by atoms with van der Waals surface area (Å²) in [5.74, 6) is 0.790. The number of hydrogen-bond acceptors (Lipinski definition) is 6. The number of nitrogens with one attached hydrogen (secondary N) is 1. The van der Waals surface area contributed by atoms with Gasteiger partial charge in [0.1, 0.15) is 11.6 Å². The summed E-state index contributed by atoms with van der Waals surface area (Å²) in [5, 5.41) is 4.40. The van der Waals surface area contributed by atoms with Crippen LogP contribution in [0.5, 0.6) is 0 Å². The minimum atomic E-state index is -4.43. The van der Waals surface area contributed by atoms with Crippen LogP contribution < -0.4 is 11.1 Å². The molecule has 37 heavy (non-hydrogen) atoms. The molecule has 2 aromatic heterocycles. The van der Waals surface area contributed by atoms with Crippen LogP contribution in [0.3, 0.4) is 0 Å². The fourth-order valence-electron chi connectivity index (χ4n) is 4.87. The first kappa shape index (κ1) is 25.0. The van der Waals surface area contributed by atoms with E-state index in [1.165, 1.54) is 6.07 Å². The van der Waals surface area contributed by atoms with Gasteiger partial charge in [0, 0.05) is 23.8 Å². The lowest BCUT2D eigenvalue weighted by molar-refractivity contribution is -0.137. The zero-order valence-electron chi connectivity index (χ0n) is 19.7. The highest BCUT2D eigenvalue weighted by molar-refractivity contribution is 7.92. The highest BCUT2D eigenvalue weighted by atomic mass is 32.2. The fraction of sp³-hybridized carbons (Fsp3) is 0.259. The number of hydrogen-bond donors (Lipinski definition) is 2. The van der Waals surface area contributed by atoms with Crippen molar-refractivity contribution >= 4 is 32.2 Å². The molecular weight excluding hydrogens is 501 g/mol. The van der Waals surface area contributed by atoms with Gasteiger partial charge in [-0.25, -0.2) is 18.4 Å². The summed E-state index contributed by atoms with van der Waals surface area (Å²) in [6, 6.07) is 16.8. The molecule has 10 heteroatoms. The molecule has 192 valence electrons. The summed E-state index contributed by atoms with van der Waals surface area (Å²) in [4.78, 5) is 8.26. The summed E-state index contributed by atoms with van der Waals surface area (Å²) in [7, 11) is -3.53. The Kier molecular flexibility index (Phi) is 6.53. The van der Waals surface area contributed by atoms with Crippen LogP contribution >= 0.6 is 0 Å². The molecular formula is C27H25F3N4O2S. The number of anilines is 2. The van der Waals surface area contributed by atoms with E-state index in [2.05, 4.69) is 15.3 Å². The lowest BCUT2D eigenvalue weighted by Gasteiger charge is -2.29. The molecule has 5 rings (SSSR count). The van der Waals surface area contributed by atoms with Crippen molar-refractivity contribution in [2.24, 2.45) is 0 Å². The van der Waals surface area contributed by atoms with E-state index in [-0.39, 0.29) is 10.9 Å². The van der Waals surface area contributed by atoms with Crippen LogP contribution in [0.4, 0.5) is 24.8 Å². The minimum absolute atomic E-state index is 0.0497. The Balaban J connectivity index is 1.26. The topological polar surface area (TPSA) is 98.0 Å². The summed E-state index contributed by atoms with van der Waals surface area (Å²) in [5.41, 5.74) is 7.02. The SMILES string of the molecule is Nc1nccc2c(-c3ccc(S(=O)(=O)[C@H]4CC[C@H](Nc5ccc(C(F)(F)F)cn5)CC4)cc3)cccc12. The molecule has 3 N–H and O–H groups in total. The number of aromatic nitrogens is 2. The molecule has 0 atom stereocenters.